The zero-order valence-electron chi connectivity index (χ0n) is 10.3. The Labute approximate surface area is 105 Å². The van der Waals surface area contributed by atoms with Crippen LogP contribution in [0.3, 0.4) is 0 Å². The molecular formula is C11H15N3O4. The van der Waals surface area contributed by atoms with Gasteiger partial charge in [0.1, 0.15) is 0 Å². The monoisotopic (exact) mass is 253 g/mol. The van der Waals surface area contributed by atoms with Crippen LogP contribution < -0.4 is 9.47 Å². The highest BCUT2D eigenvalue weighted by molar-refractivity contribution is 5.95. The Morgan fingerprint density at radius 1 is 1.56 bits per heavy atom. The van der Waals surface area contributed by atoms with Crippen molar-refractivity contribution in [3.8, 4) is 11.5 Å². The van der Waals surface area contributed by atoms with Crippen molar-refractivity contribution in [1.82, 2.24) is 4.98 Å². The number of hydrogen-bond donors (Lipinski definition) is 1. The number of methoxy groups -OCH3 is 1. The molecule has 0 aliphatic carbocycles. The van der Waals surface area contributed by atoms with Gasteiger partial charge in [-0.25, -0.2) is 10.5 Å². The Morgan fingerprint density at radius 2 is 2.33 bits per heavy atom. The maximum absolute atomic E-state index is 11.4. The molecule has 1 amide bonds. The van der Waals surface area contributed by atoms with Crippen molar-refractivity contribution in [2.45, 2.75) is 13.3 Å². The van der Waals surface area contributed by atoms with Gasteiger partial charge in [-0.2, -0.15) is 0 Å². The SMILES string of the molecule is CCCOCOc1c(OC)ccnc1C(=O)N=N. The van der Waals surface area contributed by atoms with Gasteiger partial charge in [0.25, 0.3) is 0 Å². The number of carbonyl (C=O) groups is 1. The van der Waals surface area contributed by atoms with Crippen LogP contribution in [0, 0.1) is 5.53 Å². The molecule has 98 valence electrons. The molecule has 7 heteroatoms. The maximum Gasteiger partial charge on any atom is 0.317 e. The van der Waals surface area contributed by atoms with Crippen molar-refractivity contribution < 1.29 is 19.0 Å². The zero-order valence-corrected chi connectivity index (χ0v) is 10.3. The number of ether oxygens (including phenoxy) is 3. The number of amides is 1. The molecule has 1 N–H and O–H groups in total. The lowest BCUT2D eigenvalue weighted by molar-refractivity contribution is 0.0135. The van der Waals surface area contributed by atoms with E-state index in [1.165, 1.54) is 13.3 Å². The number of hydrogen-bond acceptors (Lipinski definition) is 6. The van der Waals surface area contributed by atoms with Crippen molar-refractivity contribution >= 4 is 5.91 Å². The van der Waals surface area contributed by atoms with Crippen molar-refractivity contribution in [2.24, 2.45) is 5.11 Å². The second kappa shape index (κ2) is 7.33. The van der Waals surface area contributed by atoms with E-state index in [4.69, 9.17) is 19.7 Å². The molecule has 1 aromatic heterocycles. The number of nitrogens with one attached hydrogen (secondary N) is 1. The van der Waals surface area contributed by atoms with Crippen LogP contribution in [-0.2, 0) is 4.74 Å². The van der Waals surface area contributed by atoms with Gasteiger partial charge in [-0.1, -0.05) is 6.92 Å². The zero-order chi connectivity index (χ0) is 13.4. The van der Waals surface area contributed by atoms with Gasteiger partial charge in [-0.15, -0.1) is 5.11 Å². The quantitative estimate of drug-likeness (QED) is 0.455. The van der Waals surface area contributed by atoms with E-state index in [-0.39, 0.29) is 18.2 Å². The van der Waals surface area contributed by atoms with Crippen LogP contribution in [-0.4, -0.2) is 31.4 Å². The molecule has 18 heavy (non-hydrogen) atoms. The molecule has 1 rings (SSSR count). The largest absolute Gasteiger partial charge is 0.493 e. The summed E-state index contributed by atoms with van der Waals surface area (Å²) >= 11 is 0. The summed E-state index contributed by atoms with van der Waals surface area (Å²) in [6, 6.07) is 1.55. The van der Waals surface area contributed by atoms with Crippen molar-refractivity contribution in [3.05, 3.63) is 18.0 Å². The Balaban J connectivity index is 2.89. The third-order valence-electron chi connectivity index (χ3n) is 2.03. The summed E-state index contributed by atoms with van der Waals surface area (Å²) in [4.78, 5) is 15.2. The fraction of sp³-hybridized carbons (Fsp3) is 0.455. The van der Waals surface area contributed by atoms with Gasteiger partial charge in [0, 0.05) is 12.3 Å². The predicted octanol–water partition coefficient (Wildman–Crippen LogP) is 2.02. The van der Waals surface area contributed by atoms with Crippen LogP contribution in [0.25, 0.3) is 0 Å². The fourth-order valence-electron chi connectivity index (χ4n) is 1.24. The predicted molar refractivity (Wildman–Crippen MR) is 62.0 cm³/mol. The Morgan fingerprint density at radius 3 is 2.94 bits per heavy atom. The summed E-state index contributed by atoms with van der Waals surface area (Å²) in [5.74, 6) is -0.311. The van der Waals surface area contributed by atoms with Crippen LogP contribution in [0.4, 0.5) is 0 Å². The highest BCUT2D eigenvalue weighted by Crippen LogP contribution is 2.29. The van der Waals surface area contributed by atoms with Crippen LogP contribution >= 0.6 is 0 Å². The summed E-state index contributed by atoms with van der Waals surface area (Å²) < 4.78 is 15.5. The molecule has 0 saturated carbocycles. The molecular weight excluding hydrogens is 238 g/mol. The van der Waals surface area contributed by atoms with Gasteiger partial charge < -0.3 is 14.2 Å². The molecule has 0 atom stereocenters. The molecule has 0 aliphatic heterocycles. The minimum atomic E-state index is -0.792. The van der Waals surface area contributed by atoms with Crippen LogP contribution in [0.15, 0.2) is 17.4 Å². The Hall–Kier alpha value is -2.02. The first-order valence-electron chi connectivity index (χ1n) is 5.39. The number of nitrogens with zero attached hydrogens (tertiary/aromatic N) is 2. The lowest BCUT2D eigenvalue weighted by Gasteiger charge is -2.12. The van der Waals surface area contributed by atoms with E-state index in [1.54, 1.807) is 6.07 Å². The maximum atomic E-state index is 11.4. The molecule has 0 saturated heterocycles. The van der Waals surface area contributed by atoms with Gasteiger partial charge in [0.2, 0.25) is 0 Å². The normalized spacial score (nSPS) is 9.89. The number of carbonyl (C=O) groups excluding carboxylic acids is 1. The van der Waals surface area contributed by atoms with Gasteiger partial charge in [0.15, 0.2) is 24.0 Å². The summed E-state index contributed by atoms with van der Waals surface area (Å²) in [6.07, 6.45) is 2.25. The molecule has 0 aliphatic rings. The Kier molecular flexibility index (Phi) is 5.72. The first-order chi connectivity index (χ1) is 8.74. The minimum absolute atomic E-state index is 0.0197. The summed E-state index contributed by atoms with van der Waals surface area (Å²) in [6.45, 7) is 2.50. The van der Waals surface area contributed by atoms with Crippen molar-refractivity contribution in [2.75, 3.05) is 20.5 Å². The van der Waals surface area contributed by atoms with E-state index in [2.05, 4.69) is 10.1 Å². The first-order valence-corrected chi connectivity index (χ1v) is 5.39. The van der Waals surface area contributed by atoms with Gasteiger partial charge >= 0.3 is 5.91 Å². The van der Waals surface area contributed by atoms with E-state index in [0.29, 0.717) is 12.4 Å². The molecule has 0 spiro atoms. The molecule has 0 radical (unpaired) electrons. The number of rotatable bonds is 7. The van der Waals surface area contributed by atoms with Crippen LogP contribution in [0.5, 0.6) is 11.5 Å². The summed E-state index contributed by atoms with van der Waals surface area (Å²) in [5, 5.41) is 2.81. The molecule has 0 fully saturated rings. The fourth-order valence-corrected chi connectivity index (χ4v) is 1.24. The average Bonchev–Trinajstić information content (AvgIpc) is 2.42. The van der Waals surface area contributed by atoms with Crippen LogP contribution in [0.2, 0.25) is 0 Å². The lowest BCUT2D eigenvalue weighted by atomic mass is 10.3. The third kappa shape index (κ3) is 3.49. The van der Waals surface area contributed by atoms with E-state index in [1.807, 2.05) is 6.92 Å². The molecule has 0 bridgehead atoms. The summed E-state index contributed by atoms with van der Waals surface area (Å²) in [5.41, 5.74) is 6.66. The van der Waals surface area contributed by atoms with Crippen molar-refractivity contribution in [1.29, 1.82) is 5.53 Å². The second-order valence-corrected chi connectivity index (χ2v) is 3.28. The topological polar surface area (TPSA) is 93.9 Å². The van der Waals surface area contributed by atoms with Gasteiger partial charge in [-0.3, -0.25) is 4.79 Å². The highest BCUT2D eigenvalue weighted by Gasteiger charge is 2.18. The second-order valence-electron chi connectivity index (χ2n) is 3.28. The summed E-state index contributed by atoms with van der Waals surface area (Å²) in [7, 11) is 1.45. The van der Waals surface area contributed by atoms with Crippen molar-refractivity contribution in [3.63, 3.8) is 0 Å². The molecule has 1 heterocycles. The molecule has 0 aromatic carbocycles. The smallest absolute Gasteiger partial charge is 0.317 e. The molecule has 1 aromatic rings. The van der Waals surface area contributed by atoms with E-state index in [9.17, 15) is 4.79 Å². The number of aromatic nitrogens is 1. The van der Waals surface area contributed by atoms with E-state index in [0.717, 1.165) is 6.42 Å². The van der Waals surface area contributed by atoms with E-state index >= 15 is 0 Å². The minimum Gasteiger partial charge on any atom is -0.493 e. The van der Waals surface area contributed by atoms with Crippen LogP contribution in [0.1, 0.15) is 23.8 Å². The Bertz CT molecular complexity index is 423. The van der Waals surface area contributed by atoms with Gasteiger partial charge in [0.05, 0.1) is 13.7 Å². The highest BCUT2D eigenvalue weighted by atomic mass is 16.7. The van der Waals surface area contributed by atoms with E-state index < -0.39 is 5.91 Å². The molecule has 7 nitrogen and oxygen atoms in total. The lowest BCUT2D eigenvalue weighted by Crippen LogP contribution is -2.09. The number of pyridine rings is 1. The first kappa shape index (κ1) is 14.0. The standard InChI is InChI=1S/C11H15N3O4/c1-3-6-17-7-18-10-8(16-2)4-5-13-9(10)11(15)14-12/h4-5,12H,3,6-7H2,1-2H3. The van der Waals surface area contributed by atoms with Gasteiger partial charge in [-0.05, 0) is 6.42 Å². The molecule has 0 unspecified atom stereocenters. The third-order valence-corrected chi connectivity index (χ3v) is 2.03. The average molecular weight is 253 g/mol.